The summed E-state index contributed by atoms with van der Waals surface area (Å²) < 4.78 is 0. The summed E-state index contributed by atoms with van der Waals surface area (Å²) in [7, 11) is 0. The number of anilines is 1. The predicted molar refractivity (Wildman–Crippen MR) is 68.2 cm³/mol. The van der Waals surface area contributed by atoms with Crippen molar-refractivity contribution in [2.75, 3.05) is 18.4 Å². The summed E-state index contributed by atoms with van der Waals surface area (Å²) in [6, 6.07) is 1.81. The number of amides is 1. The maximum absolute atomic E-state index is 11.9. The first kappa shape index (κ1) is 12.1. The van der Waals surface area contributed by atoms with Crippen molar-refractivity contribution < 1.29 is 4.79 Å². The number of carbonyl (C=O) groups is 1. The van der Waals surface area contributed by atoms with Crippen LogP contribution in [-0.2, 0) is 4.79 Å². The summed E-state index contributed by atoms with van der Waals surface area (Å²) in [4.78, 5) is 15.9. The van der Waals surface area contributed by atoms with E-state index in [1.165, 1.54) is 0 Å². The molecule has 1 aromatic heterocycles. The predicted octanol–water partition coefficient (Wildman–Crippen LogP) is 1.90. The molecular weight excluding hydrogens is 238 g/mol. The van der Waals surface area contributed by atoms with Gasteiger partial charge in [0, 0.05) is 24.9 Å². The van der Waals surface area contributed by atoms with Gasteiger partial charge in [-0.1, -0.05) is 11.6 Å². The van der Waals surface area contributed by atoms with Gasteiger partial charge in [-0.05, 0) is 31.1 Å². The molecule has 90 valence electrons. The molecule has 0 spiro atoms. The van der Waals surface area contributed by atoms with Crippen LogP contribution in [0.2, 0.25) is 5.15 Å². The van der Waals surface area contributed by atoms with E-state index >= 15 is 0 Å². The molecule has 1 saturated heterocycles. The topological polar surface area (TPSA) is 54.0 Å². The number of carbonyl (C=O) groups excluding carboxylic acids is 1. The molecule has 1 aromatic rings. The number of hydrogen-bond donors (Lipinski definition) is 2. The van der Waals surface area contributed by atoms with Gasteiger partial charge in [-0.25, -0.2) is 4.98 Å². The van der Waals surface area contributed by atoms with Gasteiger partial charge in [0.2, 0.25) is 0 Å². The molecule has 0 aromatic carbocycles. The van der Waals surface area contributed by atoms with Gasteiger partial charge >= 0.3 is 0 Å². The minimum absolute atomic E-state index is 0.115. The number of nitrogens with one attached hydrogen (secondary N) is 2. The minimum Gasteiger partial charge on any atom is -0.320 e. The number of rotatable bonds is 2. The summed E-state index contributed by atoms with van der Waals surface area (Å²) in [5, 5.41) is 6.20. The molecule has 0 radical (unpaired) electrons. The van der Waals surface area contributed by atoms with E-state index in [2.05, 4.69) is 15.6 Å². The zero-order valence-electron chi connectivity index (χ0n) is 9.80. The highest BCUT2D eigenvalue weighted by Gasteiger charge is 2.16. The van der Waals surface area contributed by atoms with Gasteiger partial charge in [-0.3, -0.25) is 4.79 Å². The van der Waals surface area contributed by atoms with Gasteiger partial charge in [0.15, 0.2) is 5.15 Å². The molecular formula is C12H14ClN3O. The number of hydrogen-bond acceptors (Lipinski definition) is 3. The first-order chi connectivity index (χ1) is 8.08. The molecule has 17 heavy (non-hydrogen) atoms. The van der Waals surface area contributed by atoms with E-state index < -0.39 is 0 Å². The first-order valence-electron chi connectivity index (χ1n) is 5.41. The van der Waals surface area contributed by atoms with Crippen molar-refractivity contribution in [1.29, 1.82) is 0 Å². The standard InChI is InChI=1S/C12H14ClN3O/c1-7-3-10(11(13)15-4-7)16-12(17)8(2)9-5-14-6-9/h3-4,14H,5-6H2,1-2H3,(H,16,17). The molecule has 1 aliphatic heterocycles. The zero-order chi connectivity index (χ0) is 12.4. The van der Waals surface area contributed by atoms with Crippen molar-refractivity contribution in [3.8, 4) is 0 Å². The van der Waals surface area contributed by atoms with Crippen LogP contribution in [-0.4, -0.2) is 24.0 Å². The Hall–Kier alpha value is -1.39. The fourth-order valence-electron chi connectivity index (χ4n) is 1.53. The van der Waals surface area contributed by atoms with Crippen molar-refractivity contribution in [1.82, 2.24) is 10.3 Å². The SMILES string of the molecule is CC(C(=O)Nc1cc(C)cnc1Cl)=C1CNC1. The van der Waals surface area contributed by atoms with Crippen molar-refractivity contribution >= 4 is 23.2 Å². The minimum atomic E-state index is -0.115. The molecule has 5 heteroatoms. The maximum Gasteiger partial charge on any atom is 0.251 e. The van der Waals surface area contributed by atoms with Crippen molar-refractivity contribution in [3.63, 3.8) is 0 Å². The Bertz CT molecular complexity index is 491. The average molecular weight is 252 g/mol. The van der Waals surface area contributed by atoms with E-state index in [-0.39, 0.29) is 5.91 Å². The quantitative estimate of drug-likeness (QED) is 0.624. The molecule has 2 N–H and O–H groups in total. The van der Waals surface area contributed by atoms with E-state index in [1.54, 1.807) is 6.20 Å². The molecule has 1 aliphatic rings. The van der Waals surface area contributed by atoms with Crippen molar-refractivity contribution in [2.45, 2.75) is 13.8 Å². The lowest BCUT2D eigenvalue weighted by Gasteiger charge is -2.21. The highest BCUT2D eigenvalue weighted by atomic mass is 35.5. The lowest BCUT2D eigenvalue weighted by atomic mass is 10.0. The molecule has 0 atom stereocenters. The molecule has 0 aliphatic carbocycles. The third-order valence-electron chi connectivity index (χ3n) is 2.77. The Morgan fingerprint density at radius 2 is 2.24 bits per heavy atom. The fraction of sp³-hybridized carbons (Fsp3) is 0.333. The van der Waals surface area contributed by atoms with Crippen LogP contribution >= 0.6 is 11.6 Å². The molecule has 4 nitrogen and oxygen atoms in total. The summed E-state index contributed by atoms with van der Waals surface area (Å²) in [5.74, 6) is -0.115. The van der Waals surface area contributed by atoms with Gasteiger partial charge in [-0.15, -0.1) is 0 Å². The molecule has 0 unspecified atom stereocenters. The van der Waals surface area contributed by atoms with E-state index in [0.717, 1.165) is 29.8 Å². The molecule has 1 fully saturated rings. The normalized spacial score (nSPS) is 14.2. The second-order valence-electron chi connectivity index (χ2n) is 4.14. The number of nitrogens with zero attached hydrogens (tertiary/aromatic N) is 1. The van der Waals surface area contributed by atoms with Gasteiger partial charge in [0.25, 0.3) is 5.91 Å². The number of aryl methyl sites for hydroxylation is 1. The second-order valence-corrected chi connectivity index (χ2v) is 4.50. The van der Waals surface area contributed by atoms with Gasteiger partial charge in [0.05, 0.1) is 5.69 Å². The summed E-state index contributed by atoms with van der Waals surface area (Å²) in [6.45, 7) is 5.31. The number of aromatic nitrogens is 1. The van der Waals surface area contributed by atoms with Crippen LogP contribution in [0.1, 0.15) is 12.5 Å². The lowest BCUT2D eigenvalue weighted by Crippen LogP contribution is -2.36. The molecule has 0 saturated carbocycles. The smallest absolute Gasteiger partial charge is 0.251 e. The Labute approximate surface area is 105 Å². The van der Waals surface area contributed by atoms with Crippen molar-refractivity contribution in [2.24, 2.45) is 0 Å². The van der Waals surface area contributed by atoms with Gasteiger partial charge in [0.1, 0.15) is 0 Å². The van der Waals surface area contributed by atoms with Gasteiger partial charge in [-0.2, -0.15) is 0 Å². The Morgan fingerprint density at radius 1 is 1.53 bits per heavy atom. The average Bonchev–Trinajstić information content (AvgIpc) is 2.21. The first-order valence-corrected chi connectivity index (χ1v) is 5.78. The third kappa shape index (κ3) is 2.65. The molecule has 1 amide bonds. The monoisotopic (exact) mass is 251 g/mol. The summed E-state index contributed by atoms with van der Waals surface area (Å²) in [5.41, 5.74) is 3.41. The second kappa shape index (κ2) is 4.85. The maximum atomic E-state index is 11.9. The molecule has 2 rings (SSSR count). The van der Waals surface area contributed by atoms with Crippen LogP contribution in [0.5, 0.6) is 0 Å². The number of pyridine rings is 1. The Balaban J connectivity index is 2.15. The lowest BCUT2D eigenvalue weighted by molar-refractivity contribution is -0.112. The van der Waals surface area contributed by atoms with Crippen molar-refractivity contribution in [3.05, 3.63) is 34.1 Å². The van der Waals surface area contributed by atoms with E-state index in [4.69, 9.17) is 11.6 Å². The van der Waals surface area contributed by atoms with E-state index in [0.29, 0.717) is 10.8 Å². The van der Waals surface area contributed by atoms with Crippen LogP contribution in [0.3, 0.4) is 0 Å². The molecule has 2 heterocycles. The number of halogens is 1. The zero-order valence-corrected chi connectivity index (χ0v) is 10.6. The Morgan fingerprint density at radius 3 is 2.82 bits per heavy atom. The highest BCUT2D eigenvalue weighted by Crippen LogP contribution is 2.21. The largest absolute Gasteiger partial charge is 0.320 e. The van der Waals surface area contributed by atoms with Crippen LogP contribution in [0.4, 0.5) is 5.69 Å². The fourth-order valence-corrected chi connectivity index (χ4v) is 1.68. The molecule has 0 bridgehead atoms. The van der Waals surface area contributed by atoms with E-state index in [9.17, 15) is 4.79 Å². The summed E-state index contributed by atoms with van der Waals surface area (Å²) >= 11 is 5.92. The highest BCUT2D eigenvalue weighted by molar-refractivity contribution is 6.32. The third-order valence-corrected chi connectivity index (χ3v) is 3.07. The van der Waals surface area contributed by atoms with E-state index in [1.807, 2.05) is 19.9 Å². The van der Waals surface area contributed by atoms with Crippen LogP contribution in [0, 0.1) is 6.92 Å². The Kier molecular flexibility index (Phi) is 3.45. The van der Waals surface area contributed by atoms with Crippen LogP contribution in [0.15, 0.2) is 23.4 Å². The van der Waals surface area contributed by atoms with Crippen LogP contribution in [0.25, 0.3) is 0 Å². The van der Waals surface area contributed by atoms with Gasteiger partial charge < -0.3 is 10.6 Å². The van der Waals surface area contributed by atoms with Crippen LogP contribution < -0.4 is 10.6 Å². The summed E-state index contributed by atoms with van der Waals surface area (Å²) in [6.07, 6.45) is 1.67.